The highest BCUT2D eigenvalue weighted by Gasteiger charge is 2.27. The molecule has 0 saturated heterocycles. The highest BCUT2D eigenvalue weighted by molar-refractivity contribution is 5.55. The second-order valence-corrected chi connectivity index (χ2v) is 3.99. The van der Waals surface area contributed by atoms with Crippen molar-refractivity contribution in [1.29, 1.82) is 0 Å². The Morgan fingerprint density at radius 3 is 2.81 bits per heavy atom. The van der Waals surface area contributed by atoms with Crippen molar-refractivity contribution >= 4 is 11.5 Å². The Labute approximate surface area is 93.2 Å². The summed E-state index contributed by atoms with van der Waals surface area (Å²) in [6.07, 6.45) is 1.97. The van der Waals surface area contributed by atoms with Gasteiger partial charge >= 0.3 is 5.69 Å². The highest BCUT2D eigenvalue weighted by Crippen LogP contribution is 2.25. The third-order valence-electron chi connectivity index (χ3n) is 2.56. The molecule has 2 N–H and O–H groups in total. The molecule has 1 aromatic heterocycles. The van der Waals surface area contributed by atoms with Gasteiger partial charge in [-0.25, -0.2) is 0 Å². The number of aryl methyl sites for hydroxylation is 1. The van der Waals surface area contributed by atoms with E-state index >= 15 is 0 Å². The van der Waals surface area contributed by atoms with E-state index in [1.807, 2.05) is 6.92 Å². The Hall–Kier alpha value is -1.63. The van der Waals surface area contributed by atoms with Crippen LogP contribution in [0.2, 0.25) is 0 Å². The molecule has 7 nitrogen and oxygen atoms in total. The molecule has 0 aliphatic rings. The fourth-order valence-electron chi connectivity index (χ4n) is 1.22. The Kier molecular flexibility index (Phi) is 3.48. The van der Waals surface area contributed by atoms with Crippen molar-refractivity contribution in [3.63, 3.8) is 0 Å². The van der Waals surface area contributed by atoms with Crippen molar-refractivity contribution in [3.8, 4) is 0 Å². The molecule has 7 heteroatoms. The van der Waals surface area contributed by atoms with Crippen LogP contribution in [0.1, 0.15) is 20.3 Å². The van der Waals surface area contributed by atoms with Gasteiger partial charge in [-0.1, -0.05) is 6.92 Å². The molecule has 0 aromatic carbocycles. The van der Waals surface area contributed by atoms with Gasteiger partial charge in [-0.2, -0.15) is 0 Å². The molecule has 1 heterocycles. The molecule has 0 saturated carbocycles. The summed E-state index contributed by atoms with van der Waals surface area (Å²) >= 11 is 0. The van der Waals surface area contributed by atoms with E-state index in [1.54, 1.807) is 14.0 Å². The standard InChI is InChI=1S/C9H16N4O3/c1-4-9(2,6-14)10-8-7(13(15)16)5-12(3)11-8/h5,14H,4,6H2,1-3H3,(H,10,11). The second-order valence-electron chi connectivity index (χ2n) is 3.99. The smallest absolute Gasteiger partial charge is 0.330 e. The fourth-order valence-corrected chi connectivity index (χ4v) is 1.22. The molecule has 0 radical (unpaired) electrons. The molecule has 0 aliphatic heterocycles. The van der Waals surface area contributed by atoms with E-state index < -0.39 is 10.5 Å². The summed E-state index contributed by atoms with van der Waals surface area (Å²) in [5.41, 5.74) is -0.685. The van der Waals surface area contributed by atoms with Crippen LogP contribution in [0.3, 0.4) is 0 Å². The predicted molar refractivity (Wildman–Crippen MR) is 59.3 cm³/mol. The molecule has 1 rings (SSSR count). The van der Waals surface area contributed by atoms with Crippen LogP contribution in [0.15, 0.2) is 6.20 Å². The van der Waals surface area contributed by atoms with Gasteiger partial charge in [0.15, 0.2) is 0 Å². The van der Waals surface area contributed by atoms with Crippen molar-refractivity contribution in [2.75, 3.05) is 11.9 Å². The second kappa shape index (κ2) is 4.48. The SMILES string of the molecule is CCC(C)(CO)Nc1nn(C)cc1[N+](=O)[O-]. The lowest BCUT2D eigenvalue weighted by molar-refractivity contribution is -0.384. The first-order chi connectivity index (χ1) is 7.41. The maximum Gasteiger partial charge on any atom is 0.330 e. The molecule has 0 bridgehead atoms. The minimum atomic E-state index is -0.598. The molecule has 1 atom stereocenters. The van der Waals surface area contributed by atoms with Crippen molar-refractivity contribution in [2.24, 2.45) is 7.05 Å². The zero-order chi connectivity index (χ0) is 12.3. The van der Waals surface area contributed by atoms with Crippen LogP contribution in [-0.4, -0.2) is 32.0 Å². The third-order valence-corrected chi connectivity index (χ3v) is 2.56. The van der Waals surface area contributed by atoms with Crippen LogP contribution in [-0.2, 0) is 7.05 Å². The molecule has 0 amide bonds. The summed E-state index contributed by atoms with van der Waals surface area (Å²) < 4.78 is 1.37. The van der Waals surface area contributed by atoms with Gasteiger partial charge in [-0.3, -0.25) is 14.8 Å². The van der Waals surface area contributed by atoms with Gasteiger partial charge in [-0.15, -0.1) is 5.10 Å². The van der Waals surface area contributed by atoms with Gasteiger partial charge in [-0.05, 0) is 13.3 Å². The molecule has 0 fully saturated rings. The zero-order valence-corrected chi connectivity index (χ0v) is 9.60. The average Bonchev–Trinajstić information content (AvgIpc) is 2.59. The lowest BCUT2D eigenvalue weighted by Crippen LogP contribution is -2.38. The minimum absolute atomic E-state index is 0.0874. The highest BCUT2D eigenvalue weighted by atomic mass is 16.6. The maximum atomic E-state index is 10.7. The van der Waals surface area contributed by atoms with Gasteiger partial charge in [0, 0.05) is 7.05 Å². The van der Waals surface area contributed by atoms with E-state index in [0.29, 0.717) is 6.42 Å². The average molecular weight is 228 g/mol. The number of rotatable bonds is 5. The normalized spacial score (nSPS) is 14.5. The number of aliphatic hydroxyl groups is 1. The van der Waals surface area contributed by atoms with E-state index in [1.165, 1.54) is 10.9 Å². The van der Waals surface area contributed by atoms with Crippen molar-refractivity contribution in [1.82, 2.24) is 9.78 Å². The van der Waals surface area contributed by atoms with Crippen LogP contribution in [0.25, 0.3) is 0 Å². The quantitative estimate of drug-likeness (QED) is 0.577. The first kappa shape index (κ1) is 12.4. The molecule has 90 valence electrons. The first-order valence-corrected chi connectivity index (χ1v) is 4.99. The summed E-state index contributed by atoms with van der Waals surface area (Å²) in [5, 5.41) is 26.8. The number of aliphatic hydroxyl groups excluding tert-OH is 1. The van der Waals surface area contributed by atoms with Gasteiger partial charge < -0.3 is 10.4 Å². The van der Waals surface area contributed by atoms with E-state index in [0.717, 1.165) is 0 Å². The Morgan fingerprint density at radius 2 is 2.38 bits per heavy atom. The van der Waals surface area contributed by atoms with Crippen LogP contribution >= 0.6 is 0 Å². The fraction of sp³-hybridized carbons (Fsp3) is 0.667. The third kappa shape index (κ3) is 2.48. The first-order valence-electron chi connectivity index (χ1n) is 4.99. The summed E-state index contributed by atoms with van der Waals surface area (Å²) in [6, 6.07) is 0. The van der Waals surface area contributed by atoms with Gasteiger partial charge in [0.2, 0.25) is 5.82 Å². The number of hydrogen-bond donors (Lipinski definition) is 2. The van der Waals surface area contributed by atoms with Crippen LogP contribution in [0, 0.1) is 10.1 Å². The molecular formula is C9H16N4O3. The van der Waals surface area contributed by atoms with Gasteiger partial charge in [0.05, 0.1) is 17.1 Å². The van der Waals surface area contributed by atoms with Crippen molar-refractivity contribution < 1.29 is 10.0 Å². The number of nitro groups is 1. The van der Waals surface area contributed by atoms with Crippen molar-refractivity contribution in [2.45, 2.75) is 25.8 Å². The van der Waals surface area contributed by atoms with Crippen LogP contribution in [0.5, 0.6) is 0 Å². The van der Waals surface area contributed by atoms with E-state index in [2.05, 4.69) is 10.4 Å². The largest absolute Gasteiger partial charge is 0.394 e. The van der Waals surface area contributed by atoms with E-state index in [4.69, 9.17) is 0 Å². The van der Waals surface area contributed by atoms with Gasteiger partial charge in [0.25, 0.3) is 0 Å². The lowest BCUT2D eigenvalue weighted by Gasteiger charge is -2.26. The minimum Gasteiger partial charge on any atom is -0.394 e. The Bertz CT molecular complexity index is 384. The molecular weight excluding hydrogens is 212 g/mol. The van der Waals surface area contributed by atoms with E-state index in [-0.39, 0.29) is 18.1 Å². The van der Waals surface area contributed by atoms with Crippen LogP contribution in [0.4, 0.5) is 11.5 Å². The number of anilines is 1. The van der Waals surface area contributed by atoms with Crippen molar-refractivity contribution in [3.05, 3.63) is 16.3 Å². The number of hydrogen-bond acceptors (Lipinski definition) is 5. The summed E-state index contributed by atoms with van der Waals surface area (Å²) in [6.45, 7) is 3.56. The Balaban J connectivity index is 3.00. The summed E-state index contributed by atoms with van der Waals surface area (Å²) in [7, 11) is 1.61. The monoisotopic (exact) mass is 228 g/mol. The number of aromatic nitrogens is 2. The number of nitrogens with one attached hydrogen (secondary N) is 1. The van der Waals surface area contributed by atoms with E-state index in [9.17, 15) is 15.2 Å². The molecule has 0 aliphatic carbocycles. The predicted octanol–water partition coefficient (Wildman–Crippen LogP) is 0.901. The molecule has 1 unspecified atom stereocenters. The van der Waals surface area contributed by atoms with Gasteiger partial charge in [0.1, 0.15) is 6.20 Å². The zero-order valence-electron chi connectivity index (χ0n) is 9.60. The van der Waals surface area contributed by atoms with Crippen LogP contribution < -0.4 is 5.32 Å². The molecule has 1 aromatic rings. The lowest BCUT2D eigenvalue weighted by atomic mass is 10.0. The molecule has 16 heavy (non-hydrogen) atoms. The number of nitrogens with zero attached hydrogens (tertiary/aromatic N) is 3. The summed E-state index contributed by atoms with van der Waals surface area (Å²) in [5.74, 6) is 0.186. The summed E-state index contributed by atoms with van der Waals surface area (Å²) in [4.78, 5) is 10.3. The Morgan fingerprint density at radius 1 is 1.75 bits per heavy atom. The molecule has 0 spiro atoms. The topological polar surface area (TPSA) is 93.2 Å². The maximum absolute atomic E-state index is 10.7.